The molecule has 11 atom stereocenters. The molecule has 0 spiro atoms. The number of carbonyl (C=O) groups excluding carboxylic acids is 3. The van der Waals surface area contributed by atoms with Crippen LogP contribution in [-0.2, 0) is 28.6 Å². The first kappa shape index (κ1) is 31.3. The van der Waals surface area contributed by atoms with E-state index in [0.717, 1.165) is 44.9 Å². The molecule has 0 aromatic heterocycles. The molecule has 0 radical (unpaired) electrons. The van der Waals surface area contributed by atoms with Crippen LogP contribution in [0.25, 0.3) is 0 Å². The van der Waals surface area contributed by atoms with Crippen molar-refractivity contribution in [2.45, 2.75) is 150 Å². The molecule has 228 valence electrons. The van der Waals surface area contributed by atoms with Crippen LogP contribution in [0.5, 0.6) is 0 Å². The third kappa shape index (κ3) is 5.71. The van der Waals surface area contributed by atoms with E-state index in [1.807, 2.05) is 20.8 Å². The molecule has 0 bridgehead atoms. The Morgan fingerprint density at radius 1 is 0.800 bits per heavy atom. The molecule has 4 rings (SSSR count). The van der Waals surface area contributed by atoms with Crippen molar-refractivity contribution in [3.05, 3.63) is 0 Å². The number of unbranched alkanes of at least 4 members (excludes halogenated alkanes) is 1. The summed E-state index contributed by atoms with van der Waals surface area (Å²) in [5.74, 6) is 1.96. The van der Waals surface area contributed by atoms with E-state index in [9.17, 15) is 14.4 Å². The van der Waals surface area contributed by atoms with Crippen molar-refractivity contribution < 1.29 is 28.6 Å². The maximum Gasteiger partial charge on any atom is 0.305 e. The zero-order valence-electron chi connectivity index (χ0n) is 26.3. The molecule has 0 unspecified atom stereocenters. The van der Waals surface area contributed by atoms with Crippen LogP contribution in [0.2, 0.25) is 0 Å². The second-order valence-corrected chi connectivity index (χ2v) is 14.1. The number of fused-ring (bicyclic) bond motifs is 5. The molecular formula is C34H56O6. The third-order valence-corrected chi connectivity index (χ3v) is 12.2. The van der Waals surface area contributed by atoms with E-state index in [2.05, 4.69) is 27.7 Å². The number of rotatable bonds is 10. The van der Waals surface area contributed by atoms with Crippen molar-refractivity contribution in [2.75, 3.05) is 0 Å². The van der Waals surface area contributed by atoms with E-state index in [4.69, 9.17) is 14.2 Å². The lowest BCUT2D eigenvalue weighted by Crippen LogP contribution is -2.63. The predicted molar refractivity (Wildman–Crippen MR) is 155 cm³/mol. The molecule has 40 heavy (non-hydrogen) atoms. The van der Waals surface area contributed by atoms with Gasteiger partial charge >= 0.3 is 17.9 Å². The molecule has 0 N–H and O–H groups in total. The summed E-state index contributed by atoms with van der Waals surface area (Å²) in [4.78, 5) is 37.8. The van der Waals surface area contributed by atoms with Crippen molar-refractivity contribution >= 4 is 17.9 Å². The highest BCUT2D eigenvalue weighted by atomic mass is 16.6. The minimum atomic E-state index is -0.134. The fourth-order valence-corrected chi connectivity index (χ4v) is 9.96. The maximum atomic E-state index is 12.9. The summed E-state index contributed by atoms with van der Waals surface area (Å²) in [5.41, 5.74) is -0.0773. The van der Waals surface area contributed by atoms with Gasteiger partial charge in [-0.1, -0.05) is 67.7 Å². The summed E-state index contributed by atoms with van der Waals surface area (Å²) in [5, 5.41) is 0. The Balaban J connectivity index is 1.72. The number of hydrogen-bond acceptors (Lipinski definition) is 6. The van der Waals surface area contributed by atoms with Gasteiger partial charge in [-0.3, -0.25) is 14.4 Å². The predicted octanol–water partition coefficient (Wildman–Crippen LogP) is 7.66. The Morgan fingerprint density at radius 2 is 1.45 bits per heavy atom. The summed E-state index contributed by atoms with van der Waals surface area (Å²) in [7, 11) is 0. The highest BCUT2D eigenvalue weighted by Crippen LogP contribution is 2.69. The second-order valence-electron chi connectivity index (χ2n) is 14.1. The van der Waals surface area contributed by atoms with Crippen LogP contribution in [0.3, 0.4) is 0 Å². The van der Waals surface area contributed by atoms with E-state index < -0.39 is 0 Å². The average Bonchev–Trinajstić information content (AvgIpc) is 3.30. The molecule has 6 nitrogen and oxygen atoms in total. The van der Waals surface area contributed by atoms with Crippen LogP contribution < -0.4 is 0 Å². The van der Waals surface area contributed by atoms with Crippen molar-refractivity contribution in [1.29, 1.82) is 0 Å². The average molecular weight is 561 g/mol. The SMILES string of the molecule is CCCC[C@@H](C)[C@H]1CC[C@H]2[C@@H]3[C@H](OC(=O)CC)C[C@@H]4C[C@H](OC(=O)CC)CC[C@]4(C)[C@H]3C[C@H](OC(=O)CC)[C@]12C. The molecular weight excluding hydrogens is 504 g/mol. The molecule has 6 heteroatoms. The van der Waals surface area contributed by atoms with Gasteiger partial charge in [-0.15, -0.1) is 0 Å². The minimum Gasteiger partial charge on any atom is -0.462 e. The van der Waals surface area contributed by atoms with Gasteiger partial charge in [0.05, 0.1) is 0 Å². The van der Waals surface area contributed by atoms with Crippen LogP contribution in [0.15, 0.2) is 0 Å². The minimum absolute atomic E-state index is 0.0407. The molecule has 0 amide bonds. The first-order valence-corrected chi connectivity index (χ1v) is 16.6. The molecule has 0 aromatic carbocycles. The standard InChI is InChI=1S/C34H56O6/c1-8-12-13-21(5)24-14-15-25-32-26(20-28(34(24,25)7)40-31(37)11-4)33(6)17-16-23(38-29(35)9-2)18-22(33)19-27(32)39-30(36)10-3/h21-28,32H,8-20H2,1-7H3/t21-,22+,23-,24-,25+,26+,27-,28+,32+,33+,34-/m1/s1. The van der Waals surface area contributed by atoms with Crippen LogP contribution >= 0.6 is 0 Å². The monoisotopic (exact) mass is 560 g/mol. The number of ether oxygens (including phenoxy) is 3. The number of carbonyl (C=O) groups is 3. The summed E-state index contributed by atoms with van der Waals surface area (Å²) < 4.78 is 18.6. The molecule has 0 aromatic rings. The van der Waals surface area contributed by atoms with E-state index in [-0.39, 0.29) is 53.0 Å². The van der Waals surface area contributed by atoms with Gasteiger partial charge in [0.25, 0.3) is 0 Å². The maximum absolute atomic E-state index is 12.9. The van der Waals surface area contributed by atoms with Gasteiger partial charge in [-0.2, -0.15) is 0 Å². The second kappa shape index (κ2) is 12.7. The Bertz CT molecular complexity index is 916. The Kier molecular flexibility index (Phi) is 9.98. The van der Waals surface area contributed by atoms with Gasteiger partial charge in [-0.25, -0.2) is 0 Å². The van der Waals surface area contributed by atoms with Gasteiger partial charge in [-0.05, 0) is 80.0 Å². The summed E-state index contributed by atoms with van der Waals surface area (Å²) in [6, 6.07) is 0. The smallest absolute Gasteiger partial charge is 0.305 e. The van der Waals surface area contributed by atoms with Crippen LogP contribution in [0.4, 0.5) is 0 Å². The zero-order chi connectivity index (χ0) is 29.2. The van der Waals surface area contributed by atoms with Gasteiger partial charge in [0.2, 0.25) is 0 Å². The first-order chi connectivity index (χ1) is 19.0. The van der Waals surface area contributed by atoms with E-state index in [1.165, 1.54) is 19.3 Å². The van der Waals surface area contributed by atoms with Gasteiger partial charge in [0.15, 0.2) is 0 Å². The Hall–Kier alpha value is -1.59. The lowest BCUT2D eigenvalue weighted by molar-refractivity contribution is -0.225. The molecule has 0 aliphatic heterocycles. The topological polar surface area (TPSA) is 78.9 Å². The van der Waals surface area contributed by atoms with Crippen LogP contribution in [0.1, 0.15) is 132 Å². The highest BCUT2D eigenvalue weighted by molar-refractivity contribution is 5.70. The van der Waals surface area contributed by atoms with Gasteiger partial charge in [0.1, 0.15) is 18.3 Å². The van der Waals surface area contributed by atoms with Gasteiger partial charge < -0.3 is 14.2 Å². The van der Waals surface area contributed by atoms with E-state index >= 15 is 0 Å². The number of hydrogen-bond donors (Lipinski definition) is 0. The summed E-state index contributed by atoms with van der Waals surface area (Å²) in [6.07, 6.45) is 11.1. The molecule has 4 aliphatic carbocycles. The summed E-state index contributed by atoms with van der Waals surface area (Å²) >= 11 is 0. The normalized spacial score (nSPS) is 41.2. The largest absolute Gasteiger partial charge is 0.462 e. The number of esters is 3. The highest BCUT2D eigenvalue weighted by Gasteiger charge is 2.67. The lowest BCUT2D eigenvalue weighted by atomic mass is 9.43. The third-order valence-electron chi connectivity index (χ3n) is 12.2. The first-order valence-electron chi connectivity index (χ1n) is 16.6. The van der Waals surface area contributed by atoms with Crippen molar-refractivity contribution in [1.82, 2.24) is 0 Å². The van der Waals surface area contributed by atoms with Crippen LogP contribution in [0, 0.1) is 46.3 Å². The van der Waals surface area contributed by atoms with Crippen molar-refractivity contribution in [3.63, 3.8) is 0 Å². The molecule has 4 saturated carbocycles. The van der Waals surface area contributed by atoms with E-state index in [1.54, 1.807) is 0 Å². The fourth-order valence-electron chi connectivity index (χ4n) is 9.96. The summed E-state index contributed by atoms with van der Waals surface area (Å²) in [6.45, 7) is 15.1. The van der Waals surface area contributed by atoms with Crippen LogP contribution in [-0.4, -0.2) is 36.2 Å². The lowest BCUT2D eigenvalue weighted by Gasteiger charge is -2.64. The molecule has 0 saturated heterocycles. The van der Waals surface area contributed by atoms with Gasteiger partial charge in [0, 0.05) is 30.6 Å². The quantitative estimate of drug-likeness (QED) is 0.202. The Labute approximate surface area is 243 Å². The van der Waals surface area contributed by atoms with E-state index in [0.29, 0.717) is 48.9 Å². The molecule has 0 heterocycles. The Morgan fingerprint density at radius 3 is 2.10 bits per heavy atom. The zero-order valence-corrected chi connectivity index (χ0v) is 26.3. The molecule has 4 aliphatic rings. The van der Waals surface area contributed by atoms with Crippen molar-refractivity contribution in [3.8, 4) is 0 Å². The fraction of sp³-hybridized carbons (Fsp3) is 0.912. The molecule has 4 fully saturated rings. The van der Waals surface area contributed by atoms with Crippen molar-refractivity contribution in [2.24, 2.45) is 46.3 Å².